The van der Waals surface area contributed by atoms with E-state index in [2.05, 4.69) is 5.73 Å². The fraction of sp³-hybridized carbons (Fsp3) is 0.160. The Morgan fingerprint density at radius 2 is 1.28 bits per heavy atom. The highest BCUT2D eigenvalue weighted by molar-refractivity contribution is 8.04. The Balaban J connectivity index is 2.26. The fourth-order valence-electron chi connectivity index (χ4n) is 3.18. The lowest BCUT2D eigenvalue weighted by atomic mass is 9.95. The van der Waals surface area contributed by atoms with Crippen LogP contribution >= 0.6 is 0 Å². The SMILES string of the molecule is Cc1cccc(C(=C=CN(S(=O)(=O)c2ccccc2)S(=O)(=O)c2ccccc2)C(C)C)c1. The summed E-state index contributed by atoms with van der Waals surface area (Å²) in [5.41, 5.74) is 5.56. The molecule has 0 bridgehead atoms. The van der Waals surface area contributed by atoms with Crippen molar-refractivity contribution in [2.45, 2.75) is 30.6 Å². The summed E-state index contributed by atoms with van der Waals surface area (Å²) < 4.78 is 54.0. The fourth-order valence-corrected chi connectivity index (χ4v) is 6.53. The molecule has 0 amide bonds. The highest BCUT2D eigenvalue weighted by atomic mass is 32.3. The van der Waals surface area contributed by atoms with Crippen LogP contribution in [-0.2, 0) is 20.0 Å². The number of allylic oxidation sites excluding steroid dienone is 1. The predicted molar refractivity (Wildman–Crippen MR) is 127 cm³/mol. The molecule has 32 heavy (non-hydrogen) atoms. The Morgan fingerprint density at radius 1 is 0.781 bits per heavy atom. The van der Waals surface area contributed by atoms with E-state index in [-0.39, 0.29) is 15.7 Å². The highest BCUT2D eigenvalue weighted by Crippen LogP contribution is 2.27. The number of hydrogen-bond donors (Lipinski definition) is 0. The average molecular weight is 468 g/mol. The smallest absolute Gasteiger partial charge is 0.200 e. The summed E-state index contributed by atoms with van der Waals surface area (Å²) in [5, 5.41) is 0. The summed E-state index contributed by atoms with van der Waals surface area (Å²) in [6.45, 7) is 5.84. The van der Waals surface area contributed by atoms with Crippen LogP contribution in [0.15, 0.2) is 107 Å². The molecule has 0 atom stereocenters. The number of benzene rings is 3. The molecule has 5 nitrogen and oxygen atoms in total. The maximum absolute atomic E-state index is 13.4. The molecule has 0 aliphatic carbocycles. The van der Waals surface area contributed by atoms with Crippen molar-refractivity contribution in [1.29, 1.82) is 0 Å². The molecule has 0 heterocycles. The molecule has 0 spiro atoms. The Morgan fingerprint density at radius 3 is 1.72 bits per heavy atom. The molecule has 7 heteroatoms. The summed E-state index contributed by atoms with van der Waals surface area (Å²) in [7, 11) is -8.81. The molecule has 0 unspecified atom stereocenters. The van der Waals surface area contributed by atoms with Crippen LogP contribution < -0.4 is 0 Å². The molecule has 166 valence electrons. The van der Waals surface area contributed by atoms with Crippen molar-refractivity contribution >= 4 is 25.6 Å². The minimum Gasteiger partial charge on any atom is -0.200 e. The summed E-state index contributed by atoms with van der Waals surface area (Å²) >= 11 is 0. The van der Waals surface area contributed by atoms with Crippen LogP contribution in [-0.4, -0.2) is 20.5 Å². The monoisotopic (exact) mass is 467 g/mol. The topological polar surface area (TPSA) is 71.5 Å². The van der Waals surface area contributed by atoms with Gasteiger partial charge >= 0.3 is 0 Å². The normalized spacial score (nSPS) is 11.6. The third-order valence-electron chi connectivity index (χ3n) is 4.79. The van der Waals surface area contributed by atoms with Crippen LogP contribution in [0.2, 0.25) is 0 Å². The van der Waals surface area contributed by atoms with E-state index in [0.29, 0.717) is 9.28 Å². The van der Waals surface area contributed by atoms with Crippen LogP contribution in [0.1, 0.15) is 25.0 Å². The predicted octanol–water partition coefficient (Wildman–Crippen LogP) is 5.23. The van der Waals surface area contributed by atoms with Crippen LogP contribution in [0.5, 0.6) is 0 Å². The first kappa shape index (κ1) is 23.5. The largest absolute Gasteiger partial charge is 0.277 e. The van der Waals surface area contributed by atoms with Crippen molar-refractivity contribution in [2.24, 2.45) is 5.92 Å². The summed E-state index contributed by atoms with van der Waals surface area (Å²) in [6.07, 6.45) is 1.02. The second-order valence-corrected chi connectivity index (χ2v) is 11.4. The third-order valence-corrected chi connectivity index (χ3v) is 8.86. The lowest BCUT2D eigenvalue weighted by Gasteiger charge is -2.20. The van der Waals surface area contributed by atoms with E-state index in [4.69, 9.17) is 0 Å². The van der Waals surface area contributed by atoms with Crippen LogP contribution in [0, 0.1) is 12.8 Å². The zero-order valence-electron chi connectivity index (χ0n) is 18.1. The first-order valence-electron chi connectivity index (χ1n) is 10.1. The molecule has 3 rings (SSSR count). The maximum Gasteiger partial charge on any atom is 0.277 e. The average Bonchev–Trinajstić information content (AvgIpc) is 2.77. The van der Waals surface area contributed by atoms with Crippen molar-refractivity contribution in [3.8, 4) is 0 Å². The second-order valence-electron chi connectivity index (χ2n) is 7.57. The summed E-state index contributed by atoms with van der Waals surface area (Å²) in [4.78, 5) is -0.251. The van der Waals surface area contributed by atoms with Gasteiger partial charge in [0.1, 0.15) is 0 Å². The van der Waals surface area contributed by atoms with E-state index in [1.807, 2.05) is 45.0 Å². The van der Waals surface area contributed by atoms with Crippen molar-refractivity contribution in [2.75, 3.05) is 0 Å². The van der Waals surface area contributed by atoms with Gasteiger partial charge in [-0.05, 0) is 42.7 Å². The number of aryl methyl sites for hydroxylation is 1. The number of hydrogen-bond acceptors (Lipinski definition) is 4. The molecule has 0 aliphatic rings. The Bertz CT molecular complexity index is 1290. The second kappa shape index (κ2) is 9.57. The molecule has 0 fully saturated rings. The van der Waals surface area contributed by atoms with Gasteiger partial charge in [0.25, 0.3) is 20.0 Å². The van der Waals surface area contributed by atoms with Gasteiger partial charge in [-0.25, -0.2) is 16.8 Å². The van der Waals surface area contributed by atoms with Gasteiger partial charge in [0.15, 0.2) is 0 Å². The first-order chi connectivity index (χ1) is 15.1. The molecular weight excluding hydrogens is 442 g/mol. The van der Waals surface area contributed by atoms with E-state index in [0.717, 1.165) is 17.3 Å². The molecule has 3 aromatic rings. The lowest BCUT2D eigenvalue weighted by molar-refractivity contribution is 0.537. The van der Waals surface area contributed by atoms with Gasteiger partial charge in [0.2, 0.25) is 0 Å². The number of sulfonamides is 2. The van der Waals surface area contributed by atoms with Crippen LogP contribution in [0.3, 0.4) is 0 Å². The highest BCUT2D eigenvalue weighted by Gasteiger charge is 2.33. The van der Waals surface area contributed by atoms with Crippen molar-refractivity contribution in [3.05, 3.63) is 108 Å². The van der Waals surface area contributed by atoms with Gasteiger partial charge < -0.3 is 0 Å². The lowest BCUT2D eigenvalue weighted by Crippen LogP contribution is -2.32. The summed E-state index contributed by atoms with van der Waals surface area (Å²) in [6, 6.07) is 22.7. The van der Waals surface area contributed by atoms with Crippen molar-refractivity contribution in [1.82, 2.24) is 3.71 Å². The van der Waals surface area contributed by atoms with Crippen LogP contribution in [0.25, 0.3) is 5.57 Å². The van der Waals surface area contributed by atoms with Crippen molar-refractivity contribution < 1.29 is 16.8 Å². The zero-order valence-corrected chi connectivity index (χ0v) is 19.8. The van der Waals surface area contributed by atoms with Gasteiger partial charge in [-0.2, -0.15) is 3.71 Å². The molecule has 0 aromatic heterocycles. The van der Waals surface area contributed by atoms with E-state index in [1.165, 1.54) is 24.3 Å². The minimum atomic E-state index is -4.40. The van der Waals surface area contributed by atoms with Gasteiger partial charge in [0, 0.05) is 5.57 Å². The minimum absolute atomic E-state index is 0.0197. The molecule has 0 N–H and O–H groups in total. The van der Waals surface area contributed by atoms with E-state index in [9.17, 15) is 16.8 Å². The van der Waals surface area contributed by atoms with Crippen LogP contribution in [0.4, 0.5) is 0 Å². The van der Waals surface area contributed by atoms with E-state index < -0.39 is 20.0 Å². The number of nitrogens with zero attached hydrogens (tertiary/aromatic N) is 1. The van der Waals surface area contributed by atoms with E-state index >= 15 is 0 Å². The zero-order chi connectivity index (χ0) is 23.4. The molecular formula is C25H25NO4S2. The quantitative estimate of drug-likeness (QED) is 0.446. The van der Waals surface area contributed by atoms with E-state index in [1.54, 1.807) is 36.4 Å². The maximum atomic E-state index is 13.4. The summed E-state index contributed by atoms with van der Waals surface area (Å²) in [5.74, 6) is -0.0197. The molecule has 0 radical (unpaired) electrons. The Labute approximate surface area is 190 Å². The third kappa shape index (κ3) is 5.02. The Hall–Kier alpha value is -3.12. The molecule has 3 aromatic carbocycles. The van der Waals surface area contributed by atoms with Gasteiger partial charge in [-0.1, -0.05) is 85.8 Å². The molecule has 0 saturated heterocycles. The van der Waals surface area contributed by atoms with Gasteiger partial charge in [-0.3, -0.25) is 0 Å². The molecule has 0 saturated carbocycles. The number of rotatable bonds is 7. The Kier molecular flexibility index (Phi) is 7.04. The first-order valence-corrected chi connectivity index (χ1v) is 13.0. The van der Waals surface area contributed by atoms with Crippen molar-refractivity contribution in [3.63, 3.8) is 0 Å². The van der Waals surface area contributed by atoms with Gasteiger partial charge in [0.05, 0.1) is 16.0 Å². The standard InChI is InChI=1S/C25H25NO4S2/c1-20(2)25(22-12-10-11-21(3)19-22)17-18-26(31(27,28)23-13-6-4-7-14-23)32(29,30)24-15-8-5-9-16-24/h4-16,18-20H,1-3H3. The van der Waals surface area contributed by atoms with Gasteiger partial charge in [-0.15, -0.1) is 0 Å². The molecule has 0 aliphatic heterocycles.